The lowest BCUT2D eigenvalue weighted by molar-refractivity contribution is 0.279. The Balaban J connectivity index is 2.08. The number of aromatic nitrogens is 2. The van der Waals surface area contributed by atoms with Gasteiger partial charge < -0.3 is 4.90 Å². The molecule has 16 heavy (non-hydrogen) atoms. The minimum Gasteiger partial charge on any atom is -0.356 e. The second-order valence-corrected chi connectivity index (χ2v) is 5.03. The van der Waals surface area contributed by atoms with Crippen LogP contribution in [-0.4, -0.2) is 23.1 Å². The number of nitrogens with one attached hydrogen (secondary N) is 1. The topological polar surface area (TPSA) is 67.1 Å². The summed E-state index contributed by atoms with van der Waals surface area (Å²) in [5.74, 6) is 6.73. The molecule has 0 aliphatic carbocycles. The molecule has 1 aromatic heterocycles. The van der Waals surface area contributed by atoms with Crippen molar-refractivity contribution in [2.24, 2.45) is 11.3 Å². The third-order valence-corrected chi connectivity index (χ3v) is 3.21. The van der Waals surface area contributed by atoms with Crippen LogP contribution in [-0.2, 0) is 0 Å². The summed E-state index contributed by atoms with van der Waals surface area (Å²) < 4.78 is 0. The van der Waals surface area contributed by atoms with Gasteiger partial charge in [0.15, 0.2) is 0 Å². The van der Waals surface area contributed by atoms with Crippen molar-refractivity contribution in [1.82, 2.24) is 9.97 Å². The van der Waals surface area contributed by atoms with Gasteiger partial charge >= 0.3 is 0 Å². The SMILES string of the molecule is CC1(C)CCN(c2ccnc(NN)n2)CC1. The Labute approximate surface area is 96.0 Å². The second kappa shape index (κ2) is 4.25. The molecule has 5 heteroatoms. The number of nitrogens with two attached hydrogens (primary N) is 1. The molecule has 0 spiro atoms. The van der Waals surface area contributed by atoms with Gasteiger partial charge in [-0.1, -0.05) is 13.8 Å². The Morgan fingerprint density at radius 2 is 2.06 bits per heavy atom. The lowest BCUT2D eigenvalue weighted by atomic mass is 9.83. The molecule has 0 aromatic carbocycles. The van der Waals surface area contributed by atoms with Gasteiger partial charge in [0, 0.05) is 19.3 Å². The summed E-state index contributed by atoms with van der Waals surface area (Å²) >= 11 is 0. The van der Waals surface area contributed by atoms with Crippen molar-refractivity contribution >= 4 is 11.8 Å². The molecule has 1 aliphatic heterocycles. The molecule has 1 saturated heterocycles. The Morgan fingerprint density at radius 1 is 1.38 bits per heavy atom. The summed E-state index contributed by atoms with van der Waals surface area (Å²) in [4.78, 5) is 10.6. The zero-order chi connectivity index (χ0) is 11.6. The van der Waals surface area contributed by atoms with Gasteiger partial charge in [0.25, 0.3) is 0 Å². The number of nitrogens with zero attached hydrogens (tertiary/aromatic N) is 3. The molecular weight excluding hydrogens is 202 g/mol. The molecule has 1 fully saturated rings. The highest BCUT2D eigenvalue weighted by molar-refractivity contribution is 5.42. The van der Waals surface area contributed by atoms with Crippen molar-refractivity contribution in [3.8, 4) is 0 Å². The summed E-state index contributed by atoms with van der Waals surface area (Å²) in [6.07, 6.45) is 4.13. The number of rotatable bonds is 2. The van der Waals surface area contributed by atoms with Crippen LogP contribution in [0.4, 0.5) is 11.8 Å². The second-order valence-electron chi connectivity index (χ2n) is 5.03. The molecule has 88 valence electrons. The highest BCUT2D eigenvalue weighted by Gasteiger charge is 2.25. The Kier molecular flexibility index (Phi) is 2.96. The molecule has 3 N–H and O–H groups in total. The van der Waals surface area contributed by atoms with Gasteiger partial charge in [-0.25, -0.2) is 10.8 Å². The van der Waals surface area contributed by atoms with Crippen molar-refractivity contribution in [3.05, 3.63) is 12.3 Å². The largest absolute Gasteiger partial charge is 0.356 e. The maximum Gasteiger partial charge on any atom is 0.239 e. The van der Waals surface area contributed by atoms with Crippen LogP contribution in [0, 0.1) is 5.41 Å². The highest BCUT2D eigenvalue weighted by Crippen LogP contribution is 2.31. The van der Waals surface area contributed by atoms with E-state index in [0.717, 1.165) is 18.9 Å². The van der Waals surface area contributed by atoms with Crippen molar-refractivity contribution in [2.45, 2.75) is 26.7 Å². The number of piperidine rings is 1. The van der Waals surface area contributed by atoms with Gasteiger partial charge in [0.05, 0.1) is 0 Å². The summed E-state index contributed by atoms with van der Waals surface area (Å²) in [5, 5.41) is 0. The maximum atomic E-state index is 5.30. The highest BCUT2D eigenvalue weighted by atomic mass is 15.3. The van der Waals surface area contributed by atoms with E-state index in [1.807, 2.05) is 6.07 Å². The lowest BCUT2D eigenvalue weighted by Crippen LogP contribution is -2.37. The van der Waals surface area contributed by atoms with E-state index in [9.17, 15) is 0 Å². The lowest BCUT2D eigenvalue weighted by Gasteiger charge is -2.37. The number of hydrogen-bond donors (Lipinski definition) is 2. The average Bonchev–Trinajstić information content (AvgIpc) is 2.29. The molecule has 2 rings (SSSR count). The van der Waals surface area contributed by atoms with E-state index >= 15 is 0 Å². The number of hydrogen-bond acceptors (Lipinski definition) is 5. The fourth-order valence-electron chi connectivity index (χ4n) is 1.94. The summed E-state index contributed by atoms with van der Waals surface area (Å²) in [6.45, 7) is 6.73. The van der Waals surface area contributed by atoms with Gasteiger partial charge in [-0.05, 0) is 24.3 Å². The predicted molar refractivity (Wildman–Crippen MR) is 65.1 cm³/mol. The first-order valence-corrected chi connectivity index (χ1v) is 5.65. The smallest absolute Gasteiger partial charge is 0.239 e. The average molecular weight is 221 g/mol. The molecule has 0 radical (unpaired) electrons. The van der Waals surface area contributed by atoms with Crippen molar-refractivity contribution in [3.63, 3.8) is 0 Å². The molecule has 0 atom stereocenters. The molecule has 5 nitrogen and oxygen atoms in total. The normalized spacial score (nSPS) is 19.6. The van der Waals surface area contributed by atoms with Crippen LogP contribution in [0.2, 0.25) is 0 Å². The van der Waals surface area contributed by atoms with Crippen LogP contribution in [0.15, 0.2) is 12.3 Å². The Morgan fingerprint density at radius 3 is 2.69 bits per heavy atom. The van der Waals surface area contributed by atoms with E-state index in [1.165, 1.54) is 12.8 Å². The van der Waals surface area contributed by atoms with Crippen molar-refractivity contribution in [2.75, 3.05) is 23.4 Å². The molecule has 0 bridgehead atoms. The first kappa shape index (κ1) is 11.1. The molecule has 0 saturated carbocycles. The van der Waals surface area contributed by atoms with Crippen LogP contribution < -0.4 is 16.2 Å². The fourth-order valence-corrected chi connectivity index (χ4v) is 1.94. The van der Waals surface area contributed by atoms with Crippen LogP contribution in [0.25, 0.3) is 0 Å². The van der Waals surface area contributed by atoms with E-state index in [-0.39, 0.29) is 0 Å². The summed E-state index contributed by atoms with van der Waals surface area (Å²) in [7, 11) is 0. The third kappa shape index (κ3) is 2.41. The monoisotopic (exact) mass is 221 g/mol. The summed E-state index contributed by atoms with van der Waals surface area (Å²) in [6, 6.07) is 1.93. The van der Waals surface area contributed by atoms with Gasteiger partial charge in [-0.15, -0.1) is 0 Å². The van der Waals surface area contributed by atoms with Gasteiger partial charge in [0.1, 0.15) is 5.82 Å². The molecular formula is C11H19N5. The fraction of sp³-hybridized carbons (Fsp3) is 0.636. The Bertz CT molecular complexity index is 353. The molecule has 0 unspecified atom stereocenters. The van der Waals surface area contributed by atoms with Gasteiger partial charge in [0.2, 0.25) is 5.95 Å². The first-order valence-electron chi connectivity index (χ1n) is 5.65. The van der Waals surface area contributed by atoms with Crippen LogP contribution >= 0.6 is 0 Å². The van der Waals surface area contributed by atoms with Crippen LogP contribution in [0.1, 0.15) is 26.7 Å². The third-order valence-electron chi connectivity index (χ3n) is 3.21. The number of nitrogen functional groups attached to an aromatic ring is 1. The molecule has 2 heterocycles. The first-order chi connectivity index (χ1) is 7.61. The summed E-state index contributed by atoms with van der Waals surface area (Å²) in [5.41, 5.74) is 2.93. The van der Waals surface area contributed by atoms with Crippen molar-refractivity contribution < 1.29 is 0 Å². The van der Waals surface area contributed by atoms with Crippen molar-refractivity contribution in [1.29, 1.82) is 0 Å². The van der Waals surface area contributed by atoms with Crippen LogP contribution in [0.5, 0.6) is 0 Å². The Hall–Kier alpha value is -1.36. The number of anilines is 2. The molecule has 1 aromatic rings. The zero-order valence-electron chi connectivity index (χ0n) is 9.90. The molecule has 1 aliphatic rings. The quantitative estimate of drug-likeness (QED) is 0.583. The van der Waals surface area contributed by atoms with E-state index in [2.05, 4.69) is 34.1 Å². The minimum atomic E-state index is 0.457. The predicted octanol–water partition coefficient (Wildman–Crippen LogP) is 1.39. The van der Waals surface area contributed by atoms with Crippen LogP contribution in [0.3, 0.4) is 0 Å². The van der Waals surface area contributed by atoms with Gasteiger partial charge in [-0.2, -0.15) is 4.98 Å². The van der Waals surface area contributed by atoms with E-state index in [0.29, 0.717) is 11.4 Å². The van der Waals surface area contributed by atoms with E-state index in [1.54, 1.807) is 6.20 Å². The zero-order valence-corrected chi connectivity index (χ0v) is 9.90. The van der Waals surface area contributed by atoms with E-state index in [4.69, 9.17) is 5.84 Å². The van der Waals surface area contributed by atoms with Gasteiger partial charge in [-0.3, -0.25) is 5.43 Å². The minimum absolute atomic E-state index is 0.457. The van der Waals surface area contributed by atoms with E-state index < -0.39 is 0 Å². The molecule has 0 amide bonds. The maximum absolute atomic E-state index is 5.30. The standard InChI is InChI=1S/C11H19N5/c1-11(2)4-7-16(8-5-11)9-3-6-13-10(14-9)15-12/h3,6H,4-5,7-8,12H2,1-2H3,(H,13,14,15). The number of hydrazine groups is 1.